The fourth-order valence-corrected chi connectivity index (χ4v) is 1.85. The topological polar surface area (TPSA) is 41.5 Å². The molecule has 1 aliphatic heterocycles. The minimum absolute atomic E-state index is 0.443. The van der Waals surface area contributed by atoms with Gasteiger partial charge in [0.05, 0.1) is 18.3 Å². The maximum absolute atomic E-state index is 10.1. The lowest BCUT2D eigenvalue weighted by atomic mass is 9.92. The average molecular weight is 185 g/mol. The maximum atomic E-state index is 10.1. The van der Waals surface area contributed by atoms with Crippen molar-refractivity contribution in [3.05, 3.63) is 0 Å². The molecule has 1 heterocycles. The molecule has 0 bridgehead atoms. The SMILES string of the molecule is OC1(COC2CCC2)CCNCC1. The van der Waals surface area contributed by atoms with Crippen molar-refractivity contribution in [3.8, 4) is 0 Å². The molecule has 3 heteroatoms. The zero-order valence-corrected chi connectivity index (χ0v) is 8.09. The van der Waals surface area contributed by atoms with E-state index in [1.807, 2.05) is 0 Å². The standard InChI is InChI=1S/C10H19NO2/c12-10(4-6-11-7-5-10)8-13-9-2-1-3-9/h9,11-12H,1-8H2. The van der Waals surface area contributed by atoms with Gasteiger partial charge in [0.1, 0.15) is 0 Å². The molecule has 2 aliphatic rings. The maximum Gasteiger partial charge on any atom is 0.0904 e. The monoisotopic (exact) mass is 185 g/mol. The Kier molecular flexibility index (Phi) is 2.86. The Morgan fingerprint density at radius 3 is 2.54 bits per heavy atom. The number of ether oxygens (including phenoxy) is 1. The molecule has 0 aromatic carbocycles. The number of aliphatic hydroxyl groups is 1. The number of nitrogens with one attached hydrogen (secondary N) is 1. The highest BCUT2D eigenvalue weighted by Crippen LogP contribution is 2.25. The molecular formula is C10H19NO2. The predicted molar refractivity (Wildman–Crippen MR) is 50.6 cm³/mol. The summed E-state index contributed by atoms with van der Waals surface area (Å²) in [7, 11) is 0. The van der Waals surface area contributed by atoms with Gasteiger partial charge in [-0.05, 0) is 45.2 Å². The molecule has 0 spiro atoms. The zero-order valence-electron chi connectivity index (χ0n) is 8.09. The van der Waals surface area contributed by atoms with E-state index in [0.29, 0.717) is 12.7 Å². The average Bonchev–Trinajstić information content (AvgIpc) is 2.02. The van der Waals surface area contributed by atoms with Gasteiger partial charge >= 0.3 is 0 Å². The van der Waals surface area contributed by atoms with Crippen LogP contribution in [0.1, 0.15) is 32.1 Å². The highest BCUT2D eigenvalue weighted by atomic mass is 16.5. The molecule has 0 aromatic rings. The van der Waals surface area contributed by atoms with Crippen molar-refractivity contribution in [2.24, 2.45) is 0 Å². The molecule has 2 rings (SSSR count). The fourth-order valence-electron chi connectivity index (χ4n) is 1.85. The van der Waals surface area contributed by atoms with Crippen LogP contribution >= 0.6 is 0 Å². The van der Waals surface area contributed by atoms with Crippen molar-refractivity contribution in [2.75, 3.05) is 19.7 Å². The van der Waals surface area contributed by atoms with Gasteiger partial charge in [-0.1, -0.05) is 0 Å². The van der Waals surface area contributed by atoms with Crippen LogP contribution in [0.5, 0.6) is 0 Å². The van der Waals surface area contributed by atoms with E-state index in [1.165, 1.54) is 19.3 Å². The molecule has 0 aromatic heterocycles. The van der Waals surface area contributed by atoms with E-state index in [1.54, 1.807) is 0 Å². The van der Waals surface area contributed by atoms with Crippen molar-refractivity contribution in [2.45, 2.75) is 43.8 Å². The van der Waals surface area contributed by atoms with Gasteiger partial charge in [0.25, 0.3) is 0 Å². The van der Waals surface area contributed by atoms with E-state index in [9.17, 15) is 5.11 Å². The summed E-state index contributed by atoms with van der Waals surface area (Å²) in [6.45, 7) is 2.38. The highest BCUT2D eigenvalue weighted by molar-refractivity contribution is 4.85. The van der Waals surface area contributed by atoms with E-state index < -0.39 is 5.60 Å². The minimum atomic E-state index is -0.541. The molecule has 0 amide bonds. The Balaban J connectivity index is 1.71. The Bertz CT molecular complexity index is 162. The van der Waals surface area contributed by atoms with Crippen LogP contribution < -0.4 is 5.32 Å². The first-order valence-electron chi connectivity index (χ1n) is 5.33. The van der Waals surface area contributed by atoms with Crippen molar-refractivity contribution < 1.29 is 9.84 Å². The number of rotatable bonds is 3. The van der Waals surface area contributed by atoms with Crippen LogP contribution in [-0.4, -0.2) is 36.5 Å². The lowest BCUT2D eigenvalue weighted by molar-refractivity contribution is -0.104. The van der Waals surface area contributed by atoms with Gasteiger partial charge in [0.15, 0.2) is 0 Å². The highest BCUT2D eigenvalue weighted by Gasteiger charge is 2.31. The largest absolute Gasteiger partial charge is 0.387 e. The van der Waals surface area contributed by atoms with Crippen LogP contribution in [0.4, 0.5) is 0 Å². The Morgan fingerprint density at radius 2 is 2.00 bits per heavy atom. The summed E-state index contributed by atoms with van der Waals surface area (Å²) in [6, 6.07) is 0. The molecular weight excluding hydrogens is 166 g/mol. The van der Waals surface area contributed by atoms with Gasteiger partial charge < -0.3 is 15.2 Å². The Morgan fingerprint density at radius 1 is 1.31 bits per heavy atom. The zero-order chi connectivity index (χ0) is 9.15. The van der Waals surface area contributed by atoms with E-state index in [4.69, 9.17) is 4.74 Å². The second-order valence-electron chi connectivity index (χ2n) is 4.34. The number of hydrogen-bond donors (Lipinski definition) is 2. The molecule has 13 heavy (non-hydrogen) atoms. The van der Waals surface area contributed by atoms with Crippen molar-refractivity contribution >= 4 is 0 Å². The summed E-state index contributed by atoms with van der Waals surface area (Å²) in [5.41, 5.74) is -0.541. The van der Waals surface area contributed by atoms with Crippen molar-refractivity contribution in [1.29, 1.82) is 0 Å². The summed E-state index contributed by atoms with van der Waals surface area (Å²) in [6.07, 6.45) is 5.78. The normalized spacial score (nSPS) is 28.4. The third kappa shape index (κ3) is 2.42. The summed E-state index contributed by atoms with van der Waals surface area (Å²) in [5.74, 6) is 0. The quantitative estimate of drug-likeness (QED) is 0.679. The first kappa shape index (κ1) is 9.44. The second kappa shape index (κ2) is 3.95. The van der Waals surface area contributed by atoms with Gasteiger partial charge in [-0.15, -0.1) is 0 Å². The van der Waals surface area contributed by atoms with Crippen LogP contribution in [0.15, 0.2) is 0 Å². The third-order valence-electron chi connectivity index (χ3n) is 3.17. The van der Waals surface area contributed by atoms with Gasteiger partial charge in [-0.25, -0.2) is 0 Å². The smallest absolute Gasteiger partial charge is 0.0904 e. The number of hydrogen-bond acceptors (Lipinski definition) is 3. The van der Waals surface area contributed by atoms with Gasteiger partial charge in [-0.3, -0.25) is 0 Å². The van der Waals surface area contributed by atoms with E-state index in [2.05, 4.69) is 5.32 Å². The molecule has 1 saturated heterocycles. The van der Waals surface area contributed by atoms with E-state index >= 15 is 0 Å². The minimum Gasteiger partial charge on any atom is -0.387 e. The van der Waals surface area contributed by atoms with E-state index in [0.717, 1.165) is 25.9 Å². The van der Waals surface area contributed by atoms with Crippen molar-refractivity contribution in [1.82, 2.24) is 5.32 Å². The van der Waals surface area contributed by atoms with E-state index in [-0.39, 0.29) is 0 Å². The van der Waals surface area contributed by atoms with Crippen molar-refractivity contribution in [3.63, 3.8) is 0 Å². The van der Waals surface area contributed by atoms with Crippen LogP contribution in [0.3, 0.4) is 0 Å². The number of piperidine rings is 1. The first-order chi connectivity index (χ1) is 6.29. The second-order valence-corrected chi connectivity index (χ2v) is 4.34. The molecule has 3 nitrogen and oxygen atoms in total. The molecule has 0 radical (unpaired) electrons. The van der Waals surface area contributed by atoms with Crippen LogP contribution in [-0.2, 0) is 4.74 Å². The van der Waals surface area contributed by atoms with Gasteiger partial charge in [-0.2, -0.15) is 0 Å². The third-order valence-corrected chi connectivity index (χ3v) is 3.17. The lowest BCUT2D eigenvalue weighted by Gasteiger charge is -2.35. The summed E-state index contributed by atoms with van der Waals surface area (Å²) in [4.78, 5) is 0. The predicted octanol–water partition coefficient (Wildman–Crippen LogP) is 0.670. The molecule has 0 atom stereocenters. The van der Waals surface area contributed by atoms with Crippen LogP contribution in [0, 0.1) is 0 Å². The summed E-state index contributed by atoms with van der Waals surface area (Å²) < 4.78 is 5.64. The lowest BCUT2D eigenvalue weighted by Crippen LogP contribution is -2.46. The first-order valence-corrected chi connectivity index (χ1v) is 5.33. The van der Waals surface area contributed by atoms with Crippen LogP contribution in [0.2, 0.25) is 0 Å². The Hall–Kier alpha value is -0.120. The molecule has 2 fully saturated rings. The van der Waals surface area contributed by atoms with Crippen LogP contribution in [0.25, 0.3) is 0 Å². The van der Waals surface area contributed by atoms with Gasteiger partial charge in [0.2, 0.25) is 0 Å². The summed E-state index contributed by atoms with van der Waals surface area (Å²) >= 11 is 0. The molecule has 2 N–H and O–H groups in total. The molecule has 1 saturated carbocycles. The molecule has 0 unspecified atom stereocenters. The van der Waals surface area contributed by atoms with Gasteiger partial charge in [0, 0.05) is 0 Å². The Labute approximate surface area is 79.5 Å². The summed E-state index contributed by atoms with van der Waals surface area (Å²) in [5, 5.41) is 13.3. The molecule has 1 aliphatic carbocycles. The molecule has 76 valence electrons. The fraction of sp³-hybridized carbons (Fsp3) is 1.00.